The number of nitriles is 1. The fourth-order valence-corrected chi connectivity index (χ4v) is 1.89. The van der Waals surface area contributed by atoms with Crippen molar-refractivity contribution >= 4 is 11.5 Å². The predicted molar refractivity (Wildman–Crippen MR) is 85.0 cm³/mol. The molecule has 0 saturated heterocycles. The van der Waals surface area contributed by atoms with Gasteiger partial charge in [-0.2, -0.15) is 5.26 Å². The number of pyridine rings is 1. The van der Waals surface area contributed by atoms with Gasteiger partial charge < -0.3 is 10.1 Å². The first-order chi connectivity index (χ1) is 11.2. The van der Waals surface area contributed by atoms with E-state index < -0.39 is 4.92 Å². The summed E-state index contributed by atoms with van der Waals surface area (Å²) in [5.41, 5.74) is 0.963. The number of nitro benzene ring substituents is 1. The number of benzene rings is 1. The summed E-state index contributed by atoms with van der Waals surface area (Å²) in [5.74, 6) is 1.22. The molecule has 7 nitrogen and oxygen atoms in total. The van der Waals surface area contributed by atoms with Crippen LogP contribution in [0.25, 0.3) is 0 Å². The summed E-state index contributed by atoms with van der Waals surface area (Å²) in [7, 11) is 0. The number of unbranched alkanes of at least 4 members (excludes halogenated alkanes) is 1. The number of nitrogens with one attached hydrogen (secondary N) is 1. The maximum Gasteiger partial charge on any atom is 0.269 e. The SMILES string of the molecule is N#CCCCOc1cccnc1NCc1ccc([N+](=O)[O-])cc1. The van der Waals surface area contributed by atoms with Crippen LogP contribution in [0.2, 0.25) is 0 Å². The molecule has 0 fully saturated rings. The van der Waals surface area contributed by atoms with Crippen molar-refractivity contribution in [3.63, 3.8) is 0 Å². The van der Waals surface area contributed by atoms with E-state index in [1.165, 1.54) is 12.1 Å². The van der Waals surface area contributed by atoms with E-state index in [0.29, 0.717) is 37.6 Å². The highest BCUT2D eigenvalue weighted by molar-refractivity contribution is 5.50. The zero-order valence-electron chi connectivity index (χ0n) is 12.4. The Bertz CT molecular complexity index is 695. The number of aromatic nitrogens is 1. The zero-order chi connectivity index (χ0) is 16.5. The van der Waals surface area contributed by atoms with Crippen LogP contribution in [0.1, 0.15) is 18.4 Å². The third-order valence-corrected chi connectivity index (χ3v) is 3.07. The minimum absolute atomic E-state index is 0.0631. The van der Waals surface area contributed by atoms with Crippen molar-refractivity contribution in [3.05, 3.63) is 58.3 Å². The molecule has 0 atom stereocenters. The molecule has 0 spiro atoms. The average Bonchev–Trinajstić information content (AvgIpc) is 2.58. The highest BCUT2D eigenvalue weighted by Gasteiger charge is 2.06. The molecule has 1 aromatic heterocycles. The van der Waals surface area contributed by atoms with Gasteiger partial charge in [0.1, 0.15) is 0 Å². The smallest absolute Gasteiger partial charge is 0.269 e. The molecule has 0 radical (unpaired) electrons. The Morgan fingerprint density at radius 1 is 1.30 bits per heavy atom. The number of hydrogen-bond donors (Lipinski definition) is 1. The van der Waals surface area contributed by atoms with Crippen molar-refractivity contribution in [2.45, 2.75) is 19.4 Å². The van der Waals surface area contributed by atoms with Gasteiger partial charge in [0, 0.05) is 31.3 Å². The van der Waals surface area contributed by atoms with E-state index in [1.54, 1.807) is 30.5 Å². The maximum atomic E-state index is 10.6. The van der Waals surface area contributed by atoms with E-state index in [2.05, 4.69) is 16.4 Å². The quantitative estimate of drug-likeness (QED) is 0.456. The Balaban J connectivity index is 1.94. The zero-order valence-corrected chi connectivity index (χ0v) is 12.4. The van der Waals surface area contributed by atoms with Crippen molar-refractivity contribution in [3.8, 4) is 11.8 Å². The van der Waals surface area contributed by atoms with Gasteiger partial charge >= 0.3 is 0 Å². The van der Waals surface area contributed by atoms with Gasteiger partial charge in [0.05, 0.1) is 17.6 Å². The first kappa shape index (κ1) is 16.2. The first-order valence-electron chi connectivity index (χ1n) is 7.12. The van der Waals surface area contributed by atoms with Gasteiger partial charge in [0.2, 0.25) is 0 Å². The number of nitrogens with zero attached hydrogens (tertiary/aromatic N) is 3. The minimum atomic E-state index is -0.427. The lowest BCUT2D eigenvalue weighted by Gasteiger charge is -2.11. The first-order valence-corrected chi connectivity index (χ1v) is 7.12. The van der Waals surface area contributed by atoms with Crippen LogP contribution >= 0.6 is 0 Å². The summed E-state index contributed by atoms with van der Waals surface area (Å²) >= 11 is 0. The highest BCUT2D eigenvalue weighted by atomic mass is 16.6. The van der Waals surface area contributed by atoms with Crippen molar-refractivity contribution in [1.82, 2.24) is 4.98 Å². The monoisotopic (exact) mass is 312 g/mol. The molecule has 1 heterocycles. The fourth-order valence-electron chi connectivity index (χ4n) is 1.89. The van der Waals surface area contributed by atoms with Crippen LogP contribution in [-0.4, -0.2) is 16.5 Å². The lowest BCUT2D eigenvalue weighted by atomic mass is 10.2. The highest BCUT2D eigenvalue weighted by Crippen LogP contribution is 2.22. The van der Waals surface area contributed by atoms with Gasteiger partial charge in [0.15, 0.2) is 11.6 Å². The summed E-state index contributed by atoms with van der Waals surface area (Å²) in [6.07, 6.45) is 2.76. The standard InChI is InChI=1S/C16H16N4O3/c17-9-1-2-11-23-15-4-3-10-18-16(15)19-12-13-5-7-14(8-6-13)20(21)22/h3-8,10H,1-2,11-12H2,(H,18,19). The fraction of sp³-hybridized carbons (Fsp3) is 0.250. The topological polar surface area (TPSA) is 101 Å². The maximum absolute atomic E-state index is 10.6. The Kier molecular flexibility index (Phi) is 5.89. The Labute approximate surface area is 133 Å². The van der Waals surface area contributed by atoms with Gasteiger partial charge in [-0.3, -0.25) is 10.1 Å². The average molecular weight is 312 g/mol. The van der Waals surface area contributed by atoms with Crippen LogP contribution in [0.15, 0.2) is 42.6 Å². The van der Waals surface area contributed by atoms with Crippen molar-refractivity contribution in [1.29, 1.82) is 5.26 Å². The number of nitro groups is 1. The molecule has 0 amide bonds. The molecule has 23 heavy (non-hydrogen) atoms. The van der Waals surface area contributed by atoms with Crippen molar-refractivity contribution < 1.29 is 9.66 Å². The van der Waals surface area contributed by atoms with Crippen molar-refractivity contribution in [2.24, 2.45) is 0 Å². The summed E-state index contributed by atoms with van der Waals surface area (Å²) in [5, 5.41) is 22.3. The summed E-state index contributed by atoms with van der Waals surface area (Å²) in [6, 6.07) is 12.0. The molecule has 2 rings (SSSR count). The lowest BCUT2D eigenvalue weighted by molar-refractivity contribution is -0.384. The van der Waals surface area contributed by atoms with E-state index in [1.807, 2.05) is 0 Å². The summed E-state index contributed by atoms with van der Waals surface area (Å²) in [4.78, 5) is 14.4. The van der Waals surface area contributed by atoms with Gasteiger partial charge in [-0.05, 0) is 24.1 Å². The molecule has 0 unspecified atom stereocenters. The molecular weight excluding hydrogens is 296 g/mol. The van der Waals surface area contributed by atoms with Crippen LogP contribution < -0.4 is 10.1 Å². The van der Waals surface area contributed by atoms with Crippen LogP contribution in [0.5, 0.6) is 5.75 Å². The predicted octanol–water partition coefficient (Wildman–Crippen LogP) is 3.28. The Hall–Kier alpha value is -3.14. The second-order valence-electron chi connectivity index (χ2n) is 4.74. The largest absolute Gasteiger partial charge is 0.490 e. The molecule has 2 aromatic rings. The van der Waals surface area contributed by atoms with Gasteiger partial charge in [0.25, 0.3) is 5.69 Å². The summed E-state index contributed by atoms with van der Waals surface area (Å²) in [6.45, 7) is 0.926. The Morgan fingerprint density at radius 3 is 2.78 bits per heavy atom. The molecule has 0 saturated carbocycles. The molecule has 7 heteroatoms. The molecule has 0 aliphatic heterocycles. The molecule has 0 aliphatic rings. The molecule has 1 aromatic carbocycles. The molecule has 118 valence electrons. The van der Waals surface area contributed by atoms with E-state index in [-0.39, 0.29) is 5.69 Å². The summed E-state index contributed by atoms with van der Waals surface area (Å²) < 4.78 is 5.61. The number of rotatable bonds is 8. The number of non-ortho nitro benzene ring substituents is 1. The van der Waals surface area contributed by atoms with E-state index in [4.69, 9.17) is 10.00 Å². The van der Waals surface area contributed by atoms with Crippen molar-refractivity contribution in [2.75, 3.05) is 11.9 Å². The second kappa shape index (κ2) is 8.34. The molecule has 0 bridgehead atoms. The van der Waals surface area contributed by atoms with Crippen LogP contribution in [-0.2, 0) is 6.54 Å². The lowest BCUT2D eigenvalue weighted by Crippen LogP contribution is -2.05. The normalized spacial score (nSPS) is 9.87. The van der Waals surface area contributed by atoms with Gasteiger partial charge in [-0.1, -0.05) is 12.1 Å². The number of anilines is 1. The van der Waals surface area contributed by atoms with Crippen LogP contribution in [0.3, 0.4) is 0 Å². The second-order valence-corrected chi connectivity index (χ2v) is 4.74. The van der Waals surface area contributed by atoms with Gasteiger partial charge in [-0.15, -0.1) is 0 Å². The third kappa shape index (κ3) is 4.97. The number of ether oxygens (including phenoxy) is 1. The minimum Gasteiger partial charge on any atom is -0.490 e. The Morgan fingerprint density at radius 2 is 2.09 bits per heavy atom. The number of hydrogen-bond acceptors (Lipinski definition) is 6. The van der Waals surface area contributed by atoms with Crippen LogP contribution in [0.4, 0.5) is 11.5 Å². The van der Waals surface area contributed by atoms with E-state index in [9.17, 15) is 10.1 Å². The third-order valence-electron chi connectivity index (χ3n) is 3.07. The molecule has 1 N–H and O–H groups in total. The molecular formula is C16H16N4O3. The van der Waals surface area contributed by atoms with E-state index >= 15 is 0 Å². The molecule has 0 aliphatic carbocycles. The van der Waals surface area contributed by atoms with E-state index in [0.717, 1.165) is 5.56 Å². The van der Waals surface area contributed by atoms with Gasteiger partial charge in [-0.25, -0.2) is 4.98 Å². The van der Waals surface area contributed by atoms with Crippen LogP contribution in [0, 0.1) is 21.4 Å².